The van der Waals surface area contributed by atoms with Crippen LogP contribution in [0.25, 0.3) is 0 Å². The molecule has 3 heterocycles. The minimum absolute atomic E-state index is 0.0864. The Kier molecular flexibility index (Phi) is 4.80. The standard InChI is InChI=1S/C19H31N5O/c1-15-17(21-22-24(15)16-5-11-20-12-6-16)18(25)23-13-9-19(10-14-23)7-3-2-4-8-19/h16,20H,2-14H2,1H3. The highest BCUT2D eigenvalue weighted by atomic mass is 16.2. The lowest BCUT2D eigenvalue weighted by Gasteiger charge is -2.44. The Morgan fingerprint density at radius 3 is 2.44 bits per heavy atom. The number of nitrogens with zero attached hydrogens (tertiary/aromatic N) is 4. The molecule has 0 unspecified atom stereocenters. The van der Waals surface area contributed by atoms with Crippen molar-refractivity contribution in [3.8, 4) is 0 Å². The van der Waals surface area contributed by atoms with Crippen molar-refractivity contribution in [3.63, 3.8) is 0 Å². The molecule has 2 saturated heterocycles. The molecular weight excluding hydrogens is 314 g/mol. The van der Waals surface area contributed by atoms with Crippen molar-refractivity contribution in [3.05, 3.63) is 11.4 Å². The first-order valence-electron chi connectivity index (χ1n) is 10.1. The van der Waals surface area contributed by atoms with Crippen LogP contribution in [0, 0.1) is 12.3 Å². The Morgan fingerprint density at radius 2 is 1.76 bits per heavy atom. The number of nitrogens with one attached hydrogen (secondary N) is 1. The largest absolute Gasteiger partial charge is 0.337 e. The van der Waals surface area contributed by atoms with Gasteiger partial charge in [0.2, 0.25) is 0 Å². The van der Waals surface area contributed by atoms with Crippen LogP contribution < -0.4 is 5.32 Å². The topological polar surface area (TPSA) is 63.1 Å². The van der Waals surface area contributed by atoms with E-state index in [0.29, 0.717) is 17.2 Å². The van der Waals surface area contributed by atoms with E-state index in [2.05, 4.69) is 15.6 Å². The van der Waals surface area contributed by atoms with E-state index in [1.165, 1.54) is 44.9 Å². The van der Waals surface area contributed by atoms with Crippen molar-refractivity contribution in [2.24, 2.45) is 5.41 Å². The molecule has 1 amide bonds. The molecule has 0 atom stereocenters. The zero-order valence-electron chi connectivity index (χ0n) is 15.5. The Bertz CT molecular complexity index is 603. The van der Waals surface area contributed by atoms with E-state index >= 15 is 0 Å². The van der Waals surface area contributed by atoms with E-state index in [1.807, 2.05) is 16.5 Å². The third-order valence-electron chi connectivity index (χ3n) is 6.81. The van der Waals surface area contributed by atoms with Crippen molar-refractivity contribution in [1.29, 1.82) is 0 Å². The van der Waals surface area contributed by atoms with Crippen LogP contribution in [-0.2, 0) is 0 Å². The number of carbonyl (C=O) groups is 1. The van der Waals surface area contributed by atoms with E-state index in [1.54, 1.807) is 0 Å². The lowest BCUT2D eigenvalue weighted by Crippen LogP contribution is -2.44. The van der Waals surface area contributed by atoms with Crippen LogP contribution in [0.1, 0.15) is 80.0 Å². The fraction of sp³-hybridized carbons (Fsp3) is 0.842. The number of rotatable bonds is 2. The Hall–Kier alpha value is -1.43. The van der Waals surface area contributed by atoms with E-state index in [0.717, 1.165) is 44.7 Å². The van der Waals surface area contributed by atoms with Crippen LogP contribution in [0.5, 0.6) is 0 Å². The number of likely N-dealkylation sites (tertiary alicyclic amines) is 1. The van der Waals surface area contributed by atoms with Gasteiger partial charge in [-0.2, -0.15) is 0 Å². The number of hydrogen-bond acceptors (Lipinski definition) is 4. The van der Waals surface area contributed by atoms with Crippen molar-refractivity contribution in [1.82, 2.24) is 25.2 Å². The Balaban J connectivity index is 1.42. The average Bonchev–Trinajstić information content (AvgIpc) is 3.05. The molecule has 3 fully saturated rings. The second-order valence-electron chi connectivity index (χ2n) is 8.30. The zero-order chi connectivity index (χ0) is 17.3. The van der Waals surface area contributed by atoms with E-state index in [4.69, 9.17) is 0 Å². The van der Waals surface area contributed by atoms with Gasteiger partial charge < -0.3 is 10.2 Å². The van der Waals surface area contributed by atoms with Crippen molar-refractivity contribution >= 4 is 5.91 Å². The smallest absolute Gasteiger partial charge is 0.276 e. The maximum absolute atomic E-state index is 13.0. The number of hydrogen-bond donors (Lipinski definition) is 1. The zero-order valence-corrected chi connectivity index (χ0v) is 15.5. The SMILES string of the molecule is Cc1c(C(=O)N2CCC3(CCCCC3)CC2)nnn1C1CCNCC1. The maximum atomic E-state index is 13.0. The molecule has 0 aromatic carbocycles. The molecule has 6 heteroatoms. The second-order valence-corrected chi connectivity index (χ2v) is 8.30. The van der Waals surface area contributed by atoms with E-state index in [9.17, 15) is 4.79 Å². The van der Waals surface area contributed by atoms with Gasteiger partial charge in [-0.25, -0.2) is 4.68 Å². The summed E-state index contributed by atoms with van der Waals surface area (Å²) < 4.78 is 1.99. The number of aromatic nitrogens is 3. The Morgan fingerprint density at radius 1 is 1.08 bits per heavy atom. The lowest BCUT2D eigenvalue weighted by molar-refractivity contribution is 0.0466. The second kappa shape index (κ2) is 7.06. The summed E-state index contributed by atoms with van der Waals surface area (Å²) in [6, 6.07) is 0.377. The molecule has 1 aromatic heterocycles. The fourth-order valence-corrected chi connectivity index (χ4v) is 5.07. The summed E-state index contributed by atoms with van der Waals surface area (Å²) in [7, 11) is 0. The first kappa shape index (κ1) is 17.0. The maximum Gasteiger partial charge on any atom is 0.276 e. The van der Waals surface area contributed by atoms with Gasteiger partial charge in [0, 0.05) is 13.1 Å². The van der Waals surface area contributed by atoms with Crippen LogP contribution in [0.2, 0.25) is 0 Å². The number of piperidine rings is 2. The third-order valence-corrected chi connectivity index (χ3v) is 6.81. The highest BCUT2D eigenvalue weighted by Gasteiger charge is 2.37. The highest BCUT2D eigenvalue weighted by Crippen LogP contribution is 2.44. The number of amides is 1. The Labute approximate surface area is 150 Å². The van der Waals surface area contributed by atoms with Gasteiger partial charge >= 0.3 is 0 Å². The normalized spacial score (nSPS) is 24.6. The molecule has 1 aromatic rings. The first-order valence-corrected chi connectivity index (χ1v) is 10.1. The highest BCUT2D eigenvalue weighted by molar-refractivity contribution is 5.93. The summed E-state index contributed by atoms with van der Waals surface area (Å²) >= 11 is 0. The summed E-state index contributed by atoms with van der Waals surface area (Å²) in [5.74, 6) is 0.0864. The van der Waals surface area contributed by atoms with Crippen molar-refractivity contribution < 1.29 is 4.79 Å². The summed E-state index contributed by atoms with van der Waals surface area (Å²) in [6.45, 7) is 5.81. The molecule has 1 N–H and O–H groups in total. The summed E-state index contributed by atoms with van der Waals surface area (Å²) in [6.07, 6.45) is 11.3. The molecule has 1 saturated carbocycles. The molecular formula is C19H31N5O. The molecule has 0 radical (unpaired) electrons. The van der Waals surface area contributed by atoms with Gasteiger partial charge in [0.1, 0.15) is 0 Å². The molecule has 3 aliphatic rings. The first-order chi connectivity index (χ1) is 12.2. The van der Waals surface area contributed by atoms with E-state index < -0.39 is 0 Å². The molecule has 6 nitrogen and oxygen atoms in total. The van der Waals surface area contributed by atoms with Gasteiger partial charge in [0.25, 0.3) is 5.91 Å². The monoisotopic (exact) mass is 345 g/mol. The van der Waals surface area contributed by atoms with Crippen molar-refractivity contribution in [2.45, 2.75) is 70.8 Å². The predicted octanol–water partition coefficient (Wildman–Crippen LogP) is 2.70. The summed E-state index contributed by atoms with van der Waals surface area (Å²) in [4.78, 5) is 15.0. The van der Waals surface area contributed by atoms with Crippen LogP contribution in [0.15, 0.2) is 0 Å². The lowest BCUT2D eigenvalue weighted by atomic mass is 9.68. The fourth-order valence-electron chi connectivity index (χ4n) is 5.07. The quantitative estimate of drug-likeness (QED) is 0.895. The molecule has 1 spiro atoms. The van der Waals surface area contributed by atoms with Crippen molar-refractivity contribution in [2.75, 3.05) is 26.2 Å². The predicted molar refractivity (Wildman–Crippen MR) is 96.6 cm³/mol. The molecule has 4 rings (SSSR count). The third kappa shape index (κ3) is 3.33. The molecule has 138 valence electrons. The van der Waals surface area contributed by atoms with E-state index in [-0.39, 0.29) is 5.91 Å². The van der Waals surface area contributed by atoms with Gasteiger partial charge in [-0.15, -0.1) is 5.10 Å². The minimum atomic E-state index is 0.0864. The average molecular weight is 345 g/mol. The van der Waals surface area contributed by atoms with Gasteiger partial charge in [0.15, 0.2) is 5.69 Å². The molecule has 0 bridgehead atoms. The molecule has 25 heavy (non-hydrogen) atoms. The van der Waals surface area contributed by atoms with Gasteiger partial charge in [-0.05, 0) is 64.0 Å². The summed E-state index contributed by atoms with van der Waals surface area (Å²) in [5.41, 5.74) is 2.03. The molecule has 1 aliphatic carbocycles. The number of carbonyl (C=O) groups excluding carboxylic acids is 1. The van der Waals surface area contributed by atoms with Crippen LogP contribution in [-0.4, -0.2) is 52.0 Å². The minimum Gasteiger partial charge on any atom is -0.337 e. The van der Waals surface area contributed by atoms with Crippen LogP contribution in [0.3, 0.4) is 0 Å². The van der Waals surface area contributed by atoms with Gasteiger partial charge in [-0.1, -0.05) is 24.5 Å². The van der Waals surface area contributed by atoms with Crippen LogP contribution >= 0.6 is 0 Å². The summed E-state index contributed by atoms with van der Waals surface area (Å²) in [5, 5.41) is 12.0. The van der Waals surface area contributed by atoms with Gasteiger partial charge in [0.05, 0.1) is 11.7 Å². The van der Waals surface area contributed by atoms with Crippen LogP contribution in [0.4, 0.5) is 0 Å². The molecule has 2 aliphatic heterocycles. The van der Waals surface area contributed by atoms with Gasteiger partial charge in [-0.3, -0.25) is 4.79 Å².